The molecule has 1 aliphatic heterocycles. The van der Waals surface area contributed by atoms with Crippen molar-refractivity contribution in [2.24, 2.45) is 0 Å². The first-order valence-corrected chi connectivity index (χ1v) is 11.8. The van der Waals surface area contributed by atoms with Crippen molar-refractivity contribution >= 4 is 43.9 Å². The molecule has 32 heavy (non-hydrogen) atoms. The van der Waals surface area contributed by atoms with Crippen LogP contribution in [0.5, 0.6) is 5.75 Å². The molecule has 0 fully saturated rings. The molecule has 5 nitrogen and oxygen atoms in total. The van der Waals surface area contributed by atoms with Gasteiger partial charge in [0.2, 0.25) is 0 Å². The number of hydrogen-bond donors (Lipinski definition) is 2. The zero-order valence-corrected chi connectivity index (χ0v) is 19.8. The summed E-state index contributed by atoms with van der Waals surface area (Å²) in [5.41, 5.74) is 6.22. The topological polar surface area (TPSA) is 63.2 Å². The van der Waals surface area contributed by atoms with Crippen molar-refractivity contribution in [3.05, 3.63) is 52.4 Å². The number of rotatable bonds is 3. The normalized spacial score (nSPS) is 16.1. The number of benzene rings is 2. The highest BCUT2D eigenvalue weighted by atomic mass is 32.1. The number of carbonyl (C=O) groups excluding carboxylic acids is 1. The first-order chi connectivity index (χ1) is 15.4. The Morgan fingerprint density at radius 1 is 1.19 bits per heavy atom. The van der Waals surface area contributed by atoms with Crippen LogP contribution in [0.2, 0.25) is 0 Å². The number of aryl methyl sites for hydroxylation is 1. The van der Waals surface area contributed by atoms with Crippen molar-refractivity contribution < 1.29 is 9.53 Å². The minimum atomic E-state index is -0.00982. The quantitative estimate of drug-likeness (QED) is 0.400. The van der Waals surface area contributed by atoms with Gasteiger partial charge in [-0.05, 0) is 61.2 Å². The van der Waals surface area contributed by atoms with E-state index in [0.29, 0.717) is 12.5 Å². The monoisotopic (exact) mass is 445 g/mol. The van der Waals surface area contributed by atoms with Gasteiger partial charge in [0.25, 0.3) is 5.91 Å². The number of ether oxygens (including phenoxy) is 1. The second-order valence-corrected chi connectivity index (χ2v) is 9.88. The van der Waals surface area contributed by atoms with E-state index in [1.165, 1.54) is 22.5 Å². The van der Waals surface area contributed by atoms with Crippen LogP contribution in [0.15, 0.2) is 36.4 Å². The number of fused-ring (bicyclic) bond motifs is 5. The van der Waals surface area contributed by atoms with Crippen molar-refractivity contribution in [1.29, 1.82) is 0 Å². The van der Waals surface area contributed by atoms with E-state index < -0.39 is 0 Å². The lowest BCUT2D eigenvalue weighted by Crippen LogP contribution is -2.34. The zero-order chi connectivity index (χ0) is 22.6. The van der Waals surface area contributed by atoms with Crippen molar-refractivity contribution in [3.63, 3.8) is 0 Å². The minimum Gasteiger partial charge on any atom is -0.496 e. The van der Waals surface area contributed by atoms with Gasteiger partial charge in [0, 0.05) is 33.6 Å². The molecule has 0 saturated carbocycles. The summed E-state index contributed by atoms with van der Waals surface area (Å²) in [6, 6.07) is 12.7. The van der Waals surface area contributed by atoms with Crippen molar-refractivity contribution in [2.75, 3.05) is 19.0 Å². The maximum Gasteiger partial charge on any atom is 0.263 e. The number of anilines is 1. The molecule has 0 bridgehead atoms. The van der Waals surface area contributed by atoms with Gasteiger partial charge in [0.15, 0.2) is 0 Å². The lowest BCUT2D eigenvalue weighted by atomic mass is 9.95. The van der Waals surface area contributed by atoms with E-state index in [1.54, 1.807) is 7.11 Å². The molecule has 2 aromatic carbocycles. The highest BCUT2D eigenvalue weighted by Crippen LogP contribution is 2.42. The van der Waals surface area contributed by atoms with Crippen LogP contribution in [0.4, 0.5) is 5.69 Å². The molecule has 4 aromatic rings. The zero-order valence-electron chi connectivity index (χ0n) is 19.0. The van der Waals surface area contributed by atoms with Crippen molar-refractivity contribution in [1.82, 2.24) is 10.3 Å². The van der Waals surface area contributed by atoms with E-state index in [-0.39, 0.29) is 11.9 Å². The number of carbonyl (C=O) groups is 1. The smallest absolute Gasteiger partial charge is 0.263 e. The molecule has 1 aliphatic rings. The summed E-state index contributed by atoms with van der Waals surface area (Å²) in [5.74, 6) is 1.27. The number of methoxy groups -OCH3 is 1. The molecular weight excluding hydrogens is 418 g/mol. The van der Waals surface area contributed by atoms with Gasteiger partial charge < -0.3 is 15.4 Å². The average molecular weight is 446 g/mol. The second kappa shape index (κ2) is 7.78. The second-order valence-electron chi connectivity index (χ2n) is 8.83. The summed E-state index contributed by atoms with van der Waals surface area (Å²) in [5, 5.41) is 8.68. The number of pyridine rings is 1. The lowest BCUT2D eigenvalue weighted by molar-refractivity contribution is 0.0949. The molecule has 2 N–H and O–H groups in total. The Hall–Kier alpha value is -3.12. The van der Waals surface area contributed by atoms with E-state index in [4.69, 9.17) is 9.72 Å². The Bertz CT molecular complexity index is 1370. The first-order valence-electron chi connectivity index (χ1n) is 11.0. The molecule has 1 amide bonds. The fourth-order valence-electron chi connectivity index (χ4n) is 4.49. The van der Waals surface area contributed by atoms with E-state index in [0.717, 1.165) is 48.6 Å². The molecule has 0 unspecified atom stereocenters. The maximum absolute atomic E-state index is 12.7. The highest BCUT2D eigenvalue weighted by molar-refractivity contribution is 7.21. The molecule has 0 aliphatic carbocycles. The Kier molecular flexibility index (Phi) is 5.05. The largest absolute Gasteiger partial charge is 0.496 e. The Morgan fingerprint density at radius 2 is 2.00 bits per heavy atom. The van der Waals surface area contributed by atoms with Gasteiger partial charge in [-0.25, -0.2) is 4.98 Å². The number of hydrogen-bond acceptors (Lipinski definition) is 5. The van der Waals surface area contributed by atoms with Gasteiger partial charge in [0.1, 0.15) is 10.6 Å². The summed E-state index contributed by atoms with van der Waals surface area (Å²) in [6.07, 6.45) is 0. The summed E-state index contributed by atoms with van der Waals surface area (Å²) < 4.78 is 6.77. The molecule has 2 aromatic heterocycles. The number of nitrogens with one attached hydrogen (secondary N) is 2. The van der Waals surface area contributed by atoms with Crippen LogP contribution in [0.25, 0.3) is 32.2 Å². The maximum atomic E-state index is 12.7. The third-order valence-corrected chi connectivity index (χ3v) is 7.32. The molecule has 0 saturated heterocycles. The van der Waals surface area contributed by atoms with Gasteiger partial charge in [-0.15, -0.1) is 11.3 Å². The highest BCUT2D eigenvalue weighted by Gasteiger charge is 2.25. The summed E-state index contributed by atoms with van der Waals surface area (Å²) in [4.78, 5) is 18.4. The van der Waals surface area contributed by atoms with Crippen LogP contribution < -0.4 is 15.4 Å². The van der Waals surface area contributed by atoms with Gasteiger partial charge in [0.05, 0.1) is 24.0 Å². The minimum absolute atomic E-state index is 0.00982. The van der Waals surface area contributed by atoms with Gasteiger partial charge in [-0.1, -0.05) is 19.9 Å². The van der Waals surface area contributed by atoms with Crippen molar-refractivity contribution in [2.45, 2.75) is 39.7 Å². The number of nitrogens with zero attached hydrogens (tertiary/aromatic N) is 1. The summed E-state index contributed by atoms with van der Waals surface area (Å²) in [6.45, 7) is 9.19. The average Bonchev–Trinajstić information content (AvgIpc) is 3.09. The SMILES string of the molecule is COc1cc(-c2ccc3c(ccc4sc5c(c43)NC[C@@H](C)NC5=O)n2)c(C)cc1C(C)C. The van der Waals surface area contributed by atoms with Crippen LogP contribution >= 0.6 is 11.3 Å². The molecule has 6 heteroatoms. The van der Waals surface area contributed by atoms with Gasteiger partial charge >= 0.3 is 0 Å². The van der Waals surface area contributed by atoms with E-state index in [9.17, 15) is 4.79 Å². The number of aromatic nitrogens is 1. The molecule has 0 spiro atoms. The lowest BCUT2D eigenvalue weighted by Gasteiger charge is -2.16. The summed E-state index contributed by atoms with van der Waals surface area (Å²) in [7, 11) is 1.72. The van der Waals surface area contributed by atoms with Crippen LogP contribution in [-0.2, 0) is 0 Å². The van der Waals surface area contributed by atoms with Crippen molar-refractivity contribution in [3.8, 4) is 17.0 Å². The molecule has 164 valence electrons. The molecule has 5 rings (SSSR count). The van der Waals surface area contributed by atoms with E-state index in [2.05, 4.69) is 61.7 Å². The molecular formula is C26H27N3O2S. The molecule has 0 radical (unpaired) electrons. The number of thiophene rings is 1. The standard InChI is InChI=1S/C26H27N3O2S/c1-13(2)17-10-14(3)18(11-21(17)31-5)20-7-6-16-19(29-20)8-9-22-23(16)24-25(32-22)26(30)28-15(4)12-27-24/h6-11,13,15,27H,12H2,1-5H3,(H,28,30)/t15-/m1/s1. The Balaban J connectivity index is 1.68. The van der Waals surface area contributed by atoms with Crippen LogP contribution in [0.3, 0.4) is 0 Å². The van der Waals surface area contributed by atoms with Gasteiger partial charge in [-0.3, -0.25) is 4.79 Å². The van der Waals surface area contributed by atoms with Gasteiger partial charge in [-0.2, -0.15) is 0 Å². The molecule has 1 atom stereocenters. The molecule has 3 heterocycles. The first kappa shape index (κ1) is 20.8. The van der Waals surface area contributed by atoms with E-state index in [1.807, 2.05) is 13.0 Å². The van der Waals surface area contributed by atoms with E-state index >= 15 is 0 Å². The predicted molar refractivity (Wildman–Crippen MR) is 133 cm³/mol. The fourth-order valence-corrected chi connectivity index (χ4v) is 5.59. The predicted octanol–water partition coefficient (Wildman–Crippen LogP) is 6.10. The van der Waals surface area contributed by atoms with Crippen LogP contribution in [-0.4, -0.2) is 30.6 Å². The third kappa shape index (κ3) is 3.30. The Morgan fingerprint density at radius 3 is 2.75 bits per heavy atom. The third-order valence-electron chi connectivity index (χ3n) is 6.17. The van der Waals surface area contributed by atoms with Crippen LogP contribution in [0, 0.1) is 6.92 Å². The summed E-state index contributed by atoms with van der Waals surface area (Å²) >= 11 is 1.53. The van der Waals surface area contributed by atoms with Crippen LogP contribution in [0.1, 0.15) is 47.5 Å². The Labute approximate surface area is 191 Å². The number of amides is 1. The fraction of sp³-hybridized carbons (Fsp3) is 0.308.